The minimum absolute atomic E-state index is 0.0600. The van der Waals surface area contributed by atoms with Crippen molar-refractivity contribution in [1.29, 1.82) is 0 Å². The first-order valence-electron chi connectivity index (χ1n) is 9.11. The number of rotatable bonds is 7. The van der Waals surface area contributed by atoms with Gasteiger partial charge in [-0.25, -0.2) is 0 Å². The van der Waals surface area contributed by atoms with Gasteiger partial charge < -0.3 is 10.6 Å². The molecular weight excluding hydrogens is 406 g/mol. The second kappa shape index (κ2) is 9.67. The van der Waals surface area contributed by atoms with E-state index in [9.17, 15) is 19.7 Å². The largest absolute Gasteiger partial charge is 0.352 e. The summed E-state index contributed by atoms with van der Waals surface area (Å²) in [6.45, 7) is 0.327. The highest BCUT2D eigenvalue weighted by Crippen LogP contribution is 2.22. The van der Waals surface area contributed by atoms with Gasteiger partial charge in [-0.1, -0.05) is 41.9 Å². The van der Waals surface area contributed by atoms with E-state index in [0.717, 1.165) is 11.6 Å². The van der Waals surface area contributed by atoms with E-state index in [0.29, 0.717) is 24.2 Å². The Bertz CT molecular complexity index is 1070. The van der Waals surface area contributed by atoms with Gasteiger partial charge in [0.05, 0.1) is 15.5 Å². The molecule has 0 radical (unpaired) electrons. The molecule has 0 fully saturated rings. The molecule has 30 heavy (non-hydrogen) atoms. The van der Waals surface area contributed by atoms with E-state index in [4.69, 9.17) is 11.6 Å². The zero-order chi connectivity index (χ0) is 21.5. The van der Waals surface area contributed by atoms with E-state index in [1.165, 1.54) is 12.1 Å². The van der Waals surface area contributed by atoms with Crippen molar-refractivity contribution in [2.24, 2.45) is 0 Å². The Balaban J connectivity index is 1.53. The van der Waals surface area contributed by atoms with Crippen molar-refractivity contribution in [3.63, 3.8) is 0 Å². The topological polar surface area (TPSA) is 101 Å². The fourth-order valence-corrected chi connectivity index (χ4v) is 2.97. The van der Waals surface area contributed by atoms with Gasteiger partial charge in [0.1, 0.15) is 0 Å². The highest BCUT2D eigenvalue weighted by Gasteiger charge is 2.15. The van der Waals surface area contributed by atoms with Gasteiger partial charge in [-0.3, -0.25) is 19.7 Å². The van der Waals surface area contributed by atoms with E-state index in [1.54, 1.807) is 36.4 Å². The number of nitrogens with one attached hydrogen (secondary N) is 2. The molecule has 2 amide bonds. The Morgan fingerprint density at radius 3 is 2.30 bits per heavy atom. The Hall–Kier alpha value is -3.71. The fraction of sp³-hybridized carbons (Fsp3) is 0.0909. The Kier molecular flexibility index (Phi) is 6.77. The molecule has 0 saturated carbocycles. The van der Waals surface area contributed by atoms with Crippen LogP contribution in [0.2, 0.25) is 5.02 Å². The van der Waals surface area contributed by atoms with Gasteiger partial charge in [0, 0.05) is 29.9 Å². The van der Waals surface area contributed by atoms with Crippen molar-refractivity contribution in [2.45, 2.75) is 6.42 Å². The number of hydrogen-bond donors (Lipinski definition) is 2. The number of amides is 2. The average Bonchev–Trinajstić information content (AvgIpc) is 2.75. The number of hydrogen-bond acceptors (Lipinski definition) is 4. The molecule has 0 bridgehead atoms. The van der Waals surface area contributed by atoms with Crippen LogP contribution in [-0.2, 0) is 6.42 Å². The first-order chi connectivity index (χ1) is 14.4. The third kappa shape index (κ3) is 5.42. The Labute approximate surface area is 177 Å². The molecule has 7 nitrogen and oxygen atoms in total. The average molecular weight is 424 g/mol. The van der Waals surface area contributed by atoms with Crippen molar-refractivity contribution in [3.8, 4) is 0 Å². The van der Waals surface area contributed by atoms with Crippen LogP contribution in [0.25, 0.3) is 0 Å². The van der Waals surface area contributed by atoms with Gasteiger partial charge in [0.2, 0.25) is 0 Å². The molecular formula is C22H18ClN3O4. The smallest absolute Gasteiger partial charge is 0.270 e. The maximum atomic E-state index is 12.3. The van der Waals surface area contributed by atoms with Crippen LogP contribution in [-0.4, -0.2) is 23.3 Å². The van der Waals surface area contributed by atoms with Crippen molar-refractivity contribution in [2.75, 3.05) is 11.9 Å². The number of nitro groups is 1. The van der Waals surface area contributed by atoms with Crippen LogP contribution in [0.5, 0.6) is 0 Å². The van der Waals surface area contributed by atoms with Crippen LogP contribution in [0.15, 0.2) is 72.8 Å². The van der Waals surface area contributed by atoms with Crippen LogP contribution in [0.4, 0.5) is 11.4 Å². The molecule has 0 spiro atoms. The summed E-state index contributed by atoms with van der Waals surface area (Å²) in [6.07, 6.45) is 0.547. The van der Waals surface area contributed by atoms with Crippen LogP contribution in [0, 0.1) is 10.1 Å². The molecule has 8 heteroatoms. The van der Waals surface area contributed by atoms with Crippen LogP contribution in [0.1, 0.15) is 26.3 Å². The zero-order valence-electron chi connectivity index (χ0n) is 15.8. The van der Waals surface area contributed by atoms with Crippen molar-refractivity contribution in [1.82, 2.24) is 5.32 Å². The standard InChI is InChI=1S/C22H18ClN3O4/c23-20-11-10-18(26(29)30)14-19(20)22(28)24-13-12-15-6-8-17(9-7-15)25-21(27)16-4-2-1-3-5-16/h1-11,14H,12-13H2,(H,24,28)(H,25,27). The van der Waals surface area contributed by atoms with Crippen LogP contribution >= 0.6 is 11.6 Å². The van der Waals surface area contributed by atoms with Gasteiger partial charge in [-0.05, 0) is 42.3 Å². The SMILES string of the molecule is O=C(Nc1ccc(CCNC(=O)c2cc([N+](=O)[O-])ccc2Cl)cc1)c1ccccc1. The summed E-state index contributed by atoms with van der Waals surface area (Å²) >= 11 is 5.98. The second-order valence-electron chi connectivity index (χ2n) is 6.44. The summed E-state index contributed by atoms with van der Waals surface area (Å²) in [6, 6.07) is 19.9. The molecule has 0 unspecified atom stereocenters. The maximum absolute atomic E-state index is 12.3. The molecule has 0 saturated heterocycles. The second-order valence-corrected chi connectivity index (χ2v) is 6.85. The lowest BCUT2D eigenvalue weighted by molar-refractivity contribution is -0.384. The third-order valence-corrected chi connectivity index (χ3v) is 4.68. The minimum atomic E-state index is -0.578. The summed E-state index contributed by atoms with van der Waals surface area (Å²) < 4.78 is 0. The number of halogens is 1. The highest BCUT2D eigenvalue weighted by molar-refractivity contribution is 6.33. The molecule has 3 aromatic carbocycles. The van der Waals surface area contributed by atoms with Gasteiger partial charge in [0.25, 0.3) is 17.5 Å². The molecule has 3 rings (SSSR count). The van der Waals surface area contributed by atoms with Crippen LogP contribution < -0.4 is 10.6 Å². The summed E-state index contributed by atoms with van der Waals surface area (Å²) in [4.78, 5) is 34.7. The summed E-state index contributed by atoms with van der Waals surface area (Å²) in [7, 11) is 0. The Morgan fingerprint density at radius 2 is 1.63 bits per heavy atom. The number of carbonyl (C=O) groups excluding carboxylic acids is 2. The first-order valence-corrected chi connectivity index (χ1v) is 9.49. The maximum Gasteiger partial charge on any atom is 0.270 e. The zero-order valence-corrected chi connectivity index (χ0v) is 16.6. The molecule has 0 aliphatic heterocycles. The van der Waals surface area contributed by atoms with E-state index in [2.05, 4.69) is 10.6 Å². The number of benzene rings is 3. The van der Waals surface area contributed by atoms with E-state index >= 15 is 0 Å². The molecule has 0 aromatic heterocycles. The van der Waals surface area contributed by atoms with Gasteiger partial charge in [0.15, 0.2) is 0 Å². The number of nitrogens with zero attached hydrogens (tertiary/aromatic N) is 1. The fourth-order valence-electron chi connectivity index (χ4n) is 2.76. The number of nitro benzene ring substituents is 1. The summed E-state index contributed by atoms with van der Waals surface area (Å²) in [5.74, 6) is -0.667. The van der Waals surface area contributed by atoms with E-state index < -0.39 is 10.8 Å². The number of anilines is 1. The molecule has 3 aromatic rings. The molecule has 0 atom stereocenters. The minimum Gasteiger partial charge on any atom is -0.352 e. The lowest BCUT2D eigenvalue weighted by Gasteiger charge is -2.08. The van der Waals surface area contributed by atoms with Crippen molar-refractivity contribution in [3.05, 3.63) is 105 Å². The first kappa shape index (κ1) is 21.0. The lowest BCUT2D eigenvalue weighted by Crippen LogP contribution is -2.26. The quantitative estimate of drug-likeness (QED) is 0.432. The summed E-state index contributed by atoms with van der Waals surface area (Å²) in [5.41, 5.74) is 2.06. The van der Waals surface area contributed by atoms with E-state index in [1.807, 2.05) is 18.2 Å². The molecule has 2 N–H and O–H groups in total. The van der Waals surface area contributed by atoms with Crippen molar-refractivity contribution >= 4 is 34.8 Å². The summed E-state index contributed by atoms with van der Waals surface area (Å²) in [5, 5.41) is 16.5. The monoisotopic (exact) mass is 423 g/mol. The molecule has 152 valence electrons. The van der Waals surface area contributed by atoms with Gasteiger partial charge in [-0.2, -0.15) is 0 Å². The third-order valence-electron chi connectivity index (χ3n) is 4.35. The number of non-ortho nitro benzene ring substituents is 1. The van der Waals surface area contributed by atoms with E-state index in [-0.39, 0.29) is 22.2 Å². The van der Waals surface area contributed by atoms with Crippen LogP contribution in [0.3, 0.4) is 0 Å². The van der Waals surface area contributed by atoms with Gasteiger partial charge in [-0.15, -0.1) is 0 Å². The molecule has 0 heterocycles. The lowest BCUT2D eigenvalue weighted by atomic mass is 10.1. The number of carbonyl (C=O) groups is 2. The molecule has 0 aliphatic carbocycles. The van der Waals surface area contributed by atoms with Crippen molar-refractivity contribution < 1.29 is 14.5 Å². The van der Waals surface area contributed by atoms with Gasteiger partial charge >= 0.3 is 0 Å². The molecule has 0 aliphatic rings. The predicted octanol–water partition coefficient (Wildman–Crippen LogP) is 4.47. The Morgan fingerprint density at radius 1 is 0.933 bits per heavy atom. The normalized spacial score (nSPS) is 10.3. The highest BCUT2D eigenvalue weighted by atomic mass is 35.5. The predicted molar refractivity (Wildman–Crippen MR) is 115 cm³/mol.